The Labute approximate surface area is 180 Å². The monoisotopic (exact) mass is 414 g/mol. The molecule has 0 spiro atoms. The Kier molecular flexibility index (Phi) is 7.32. The van der Waals surface area contributed by atoms with Crippen LogP contribution in [0.5, 0.6) is 11.5 Å². The van der Waals surface area contributed by atoms with E-state index in [1.165, 1.54) is 6.21 Å². The number of amides is 1. The molecule has 0 aromatic heterocycles. The van der Waals surface area contributed by atoms with E-state index in [0.717, 1.165) is 11.1 Å². The maximum atomic E-state index is 12.3. The number of ether oxygens (including phenoxy) is 2. The molecule has 0 saturated carbocycles. The highest BCUT2D eigenvalue weighted by Crippen LogP contribution is 2.16. The molecule has 3 aromatic carbocycles. The van der Waals surface area contributed by atoms with E-state index in [-0.39, 0.29) is 5.91 Å². The summed E-state index contributed by atoms with van der Waals surface area (Å²) in [5.74, 6) is 0.333. The minimum Gasteiger partial charge on any atom is -0.490 e. The maximum absolute atomic E-state index is 12.3. The molecule has 0 aliphatic heterocycles. The van der Waals surface area contributed by atoms with Crippen molar-refractivity contribution in [2.75, 3.05) is 6.61 Å². The molecule has 156 valence electrons. The molecule has 0 saturated heterocycles. The zero-order valence-electron chi connectivity index (χ0n) is 17.1. The van der Waals surface area contributed by atoms with Gasteiger partial charge in [-0.15, -0.1) is 0 Å². The van der Waals surface area contributed by atoms with Gasteiger partial charge in [0.2, 0.25) is 0 Å². The van der Waals surface area contributed by atoms with E-state index in [1.54, 1.807) is 66.7 Å². The SMILES string of the molecule is C=CCOc1ccc(C(=O)N/N=C\c2ccc(OC(=O)c3ccccc3C)cc2)cc1. The number of hydrazone groups is 1. The third-order valence-electron chi connectivity index (χ3n) is 4.32. The van der Waals surface area contributed by atoms with Crippen LogP contribution in [0.4, 0.5) is 0 Å². The Bertz CT molecular complexity index is 1090. The molecule has 0 aliphatic rings. The summed E-state index contributed by atoms with van der Waals surface area (Å²) in [6.45, 7) is 5.85. The highest BCUT2D eigenvalue weighted by molar-refractivity contribution is 5.95. The van der Waals surface area contributed by atoms with Gasteiger partial charge < -0.3 is 9.47 Å². The number of nitrogens with zero attached hydrogens (tertiary/aromatic N) is 1. The van der Waals surface area contributed by atoms with Crippen LogP contribution >= 0.6 is 0 Å². The van der Waals surface area contributed by atoms with Crippen LogP contribution in [0.1, 0.15) is 31.8 Å². The summed E-state index contributed by atoms with van der Waals surface area (Å²) < 4.78 is 10.8. The maximum Gasteiger partial charge on any atom is 0.343 e. The summed E-state index contributed by atoms with van der Waals surface area (Å²) in [7, 11) is 0. The van der Waals surface area contributed by atoms with Crippen LogP contribution in [-0.4, -0.2) is 24.7 Å². The van der Waals surface area contributed by atoms with E-state index >= 15 is 0 Å². The first-order valence-corrected chi connectivity index (χ1v) is 9.62. The lowest BCUT2D eigenvalue weighted by Crippen LogP contribution is -2.17. The van der Waals surface area contributed by atoms with Gasteiger partial charge in [0.1, 0.15) is 18.1 Å². The first kappa shape index (κ1) is 21.5. The van der Waals surface area contributed by atoms with Crippen LogP contribution in [0.25, 0.3) is 0 Å². The van der Waals surface area contributed by atoms with Gasteiger partial charge in [-0.3, -0.25) is 4.79 Å². The molecule has 0 heterocycles. The van der Waals surface area contributed by atoms with Gasteiger partial charge in [-0.2, -0.15) is 5.10 Å². The summed E-state index contributed by atoms with van der Waals surface area (Å²) in [5.41, 5.74) is 5.05. The van der Waals surface area contributed by atoms with Crippen LogP contribution in [0, 0.1) is 6.92 Å². The highest BCUT2D eigenvalue weighted by atomic mass is 16.5. The number of carbonyl (C=O) groups excluding carboxylic acids is 2. The highest BCUT2D eigenvalue weighted by Gasteiger charge is 2.10. The smallest absolute Gasteiger partial charge is 0.343 e. The van der Waals surface area contributed by atoms with Crippen molar-refractivity contribution in [2.45, 2.75) is 6.92 Å². The summed E-state index contributed by atoms with van der Waals surface area (Å²) in [5, 5.41) is 3.96. The number of benzene rings is 3. The quantitative estimate of drug-likeness (QED) is 0.193. The van der Waals surface area contributed by atoms with Gasteiger partial charge in [-0.25, -0.2) is 10.2 Å². The second-order valence-corrected chi connectivity index (χ2v) is 6.60. The van der Waals surface area contributed by atoms with Crippen molar-refractivity contribution in [1.29, 1.82) is 0 Å². The fourth-order valence-corrected chi connectivity index (χ4v) is 2.67. The number of esters is 1. The Morgan fingerprint density at radius 1 is 0.968 bits per heavy atom. The summed E-state index contributed by atoms with van der Waals surface area (Å²) in [6.07, 6.45) is 3.16. The Balaban J connectivity index is 1.53. The second-order valence-electron chi connectivity index (χ2n) is 6.60. The standard InChI is InChI=1S/C25H22N2O4/c1-3-16-30-21-14-10-20(11-15-21)24(28)27-26-17-19-8-12-22(13-9-19)31-25(29)23-7-5-4-6-18(23)2/h3-15,17H,1,16H2,2H3,(H,27,28)/b26-17-. The van der Waals surface area contributed by atoms with Crippen LogP contribution in [0.3, 0.4) is 0 Å². The molecule has 0 unspecified atom stereocenters. The molecule has 0 aliphatic carbocycles. The Morgan fingerprint density at radius 3 is 2.32 bits per heavy atom. The van der Waals surface area contributed by atoms with Crippen LogP contribution in [0.2, 0.25) is 0 Å². The molecule has 0 atom stereocenters. The minimum atomic E-state index is -0.410. The molecule has 0 fully saturated rings. The molecule has 1 N–H and O–H groups in total. The Morgan fingerprint density at radius 2 is 1.65 bits per heavy atom. The van der Waals surface area contributed by atoms with Gasteiger partial charge in [-0.1, -0.05) is 30.9 Å². The predicted molar refractivity (Wildman–Crippen MR) is 120 cm³/mol. The van der Waals surface area contributed by atoms with E-state index in [0.29, 0.717) is 29.2 Å². The molecular weight excluding hydrogens is 392 g/mol. The van der Waals surface area contributed by atoms with Crippen molar-refractivity contribution >= 4 is 18.1 Å². The molecule has 6 nitrogen and oxygen atoms in total. The van der Waals surface area contributed by atoms with Gasteiger partial charge in [0.05, 0.1) is 11.8 Å². The van der Waals surface area contributed by atoms with Gasteiger partial charge >= 0.3 is 5.97 Å². The molecule has 0 radical (unpaired) electrons. The first-order valence-electron chi connectivity index (χ1n) is 9.62. The van der Waals surface area contributed by atoms with Gasteiger partial charge in [0.25, 0.3) is 5.91 Å². The minimum absolute atomic E-state index is 0.338. The average Bonchev–Trinajstić information content (AvgIpc) is 2.79. The normalized spacial score (nSPS) is 10.5. The number of hydrogen-bond donors (Lipinski definition) is 1. The van der Waals surface area contributed by atoms with Crippen LogP contribution in [-0.2, 0) is 0 Å². The topological polar surface area (TPSA) is 77.0 Å². The van der Waals surface area contributed by atoms with Crippen LogP contribution in [0.15, 0.2) is 90.6 Å². The average molecular weight is 414 g/mol. The largest absolute Gasteiger partial charge is 0.490 e. The van der Waals surface area contributed by atoms with Crippen molar-refractivity contribution in [3.8, 4) is 11.5 Å². The molecule has 1 amide bonds. The lowest BCUT2D eigenvalue weighted by atomic mass is 10.1. The van der Waals surface area contributed by atoms with E-state index < -0.39 is 5.97 Å². The van der Waals surface area contributed by atoms with Crippen molar-refractivity contribution < 1.29 is 19.1 Å². The predicted octanol–water partition coefficient (Wildman–Crippen LogP) is 4.54. The first-order chi connectivity index (χ1) is 15.1. The van der Waals surface area contributed by atoms with Gasteiger partial charge in [-0.05, 0) is 72.6 Å². The summed E-state index contributed by atoms with van der Waals surface area (Å²) in [4.78, 5) is 24.4. The lowest BCUT2D eigenvalue weighted by Gasteiger charge is -2.06. The second kappa shape index (κ2) is 10.5. The van der Waals surface area contributed by atoms with Crippen molar-refractivity contribution in [3.05, 3.63) is 108 Å². The molecule has 0 bridgehead atoms. The van der Waals surface area contributed by atoms with Crippen molar-refractivity contribution in [1.82, 2.24) is 5.43 Å². The Hall–Kier alpha value is -4.19. The van der Waals surface area contributed by atoms with Gasteiger partial charge in [0, 0.05) is 5.56 Å². The molecule has 6 heteroatoms. The van der Waals surface area contributed by atoms with Gasteiger partial charge in [0.15, 0.2) is 0 Å². The fourth-order valence-electron chi connectivity index (χ4n) is 2.67. The fraction of sp³-hybridized carbons (Fsp3) is 0.0800. The van der Waals surface area contributed by atoms with Crippen molar-refractivity contribution in [3.63, 3.8) is 0 Å². The molecule has 3 rings (SSSR count). The van der Waals surface area contributed by atoms with Crippen LogP contribution < -0.4 is 14.9 Å². The molecule has 3 aromatic rings. The summed E-state index contributed by atoms with van der Waals surface area (Å²) in [6, 6.07) is 20.8. The van der Waals surface area contributed by atoms with Crippen molar-refractivity contribution in [2.24, 2.45) is 5.10 Å². The zero-order chi connectivity index (χ0) is 22.1. The third-order valence-corrected chi connectivity index (χ3v) is 4.32. The summed E-state index contributed by atoms with van der Waals surface area (Å²) >= 11 is 0. The zero-order valence-corrected chi connectivity index (χ0v) is 17.1. The van der Waals surface area contributed by atoms with E-state index in [4.69, 9.17) is 9.47 Å². The number of rotatable bonds is 8. The van der Waals surface area contributed by atoms with E-state index in [2.05, 4.69) is 17.1 Å². The molecular formula is C25H22N2O4. The lowest BCUT2D eigenvalue weighted by molar-refractivity contribution is 0.0733. The number of hydrogen-bond acceptors (Lipinski definition) is 5. The number of nitrogens with one attached hydrogen (secondary N) is 1. The number of carbonyl (C=O) groups is 2. The van der Waals surface area contributed by atoms with E-state index in [1.807, 2.05) is 19.1 Å². The van der Waals surface area contributed by atoms with E-state index in [9.17, 15) is 9.59 Å². The third kappa shape index (κ3) is 6.14. The number of aryl methyl sites for hydroxylation is 1. The molecule has 31 heavy (non-hydrogen) atoms.